The van der Waals surface area contributed by atoms with E-state index in [1.54, 1.807) is 0 Å². The fourth-order valence-electron chi connectivity index (χ4n) is 1.50. The zero-order valence-electron chi connectivity index (χ0n) is 12.2. The lowest BCUT2D eigenvalue weighted by Crippen LogP contribution is -1.98. The molecule has 0 radical (unpaired) electrons. The molecule has 0 amide bonds. The van der Waals surface area contributed by atoms with Gasteiger partial charge >= 0.3 is 0 Å². The highest BCUT2D eigenvalue weighted by atomic mass is 16.5. The van der Waals surface area contributed by atoms with Crippen LogP contribution in [0.4, 0.5) is 0 Å². The van der Waals surface area contributed by atoms with Gasteiger partial charge in [-0.2, -0.15) is 5.26 Å². The van der Waals surface area contributed by atoms with Crippen LogP contribution in [0.5, 0.6) is 5.75 Å². The van der Waals surface area contributed by atoms with Gasteiger partial charge in [-0.25, -0.2) is 0 Å². The number of nitriles is 1. The van der Waals surface area contributed by atoms with Crippen LogP contribution in [0.1, 0.15) is 44.4 Å². The van der Waals surface area contributed by atoms with Crippen LogP contribution < -0.4 is 4.74 Å². The molecule has 1 rings (SSSR count). The maximum Gasteiger partial charge on any atom is 0.174 e. The van der Waals surface area contributed by atoms with E-state index in [9.17, 15) is 0 Å². The molecule has 17 heavy (non-hydrogen) atoms. The molecule has 0 aliphatic rings. The van der Waals surface area contributed by atoms with Crippen molar-refractivity contribution >= 4 is 0 Å². The topological polar surface area (TPSA) is 33.0 Å². The predicted octanol–water partition coefficient (Wildman–Crippen LogP) is 4.57. The molecule has 2 heteroatoms. The summed E-state index contributed by atoms with van der Waals surface area (Å²) in [6.45, 7) is 14.2. The molecule has 96 valence electrons. The van der Waals surface area contributed by atoms with Gasteiger partial charge < -0.3 is 4.74 Å². The SMILES string of the molecule is CC.CC.Cc1cc(C)c(OCC#N)c(C)c1. The number of nitrogens with zero attached hydrogens (tertiary/aromatic N) is 1. The highest BCUT2D eigenvalue weighted by molar-refractivity contribution is 5.43. The average Bonchev–Trinajstić information content (AvgIpc) is 2.33. The molecule has 0 unspecified atom stereocenters. The summed E-state index contributed by atoms with van der Waals surface area (Å²) in [5.41, 5.74) is 3.40. The lowest BCUT2D eigenvalue weighted by molar-refractivity contribution is 0.363. The Morgan fingerprint density at radius 3 is 1.76 bits per heavy atom. The first-order chi connectivity index (χ1) is 8.15. The Morgan fingerprint density at radius 2 is 1.41 bits per heavy atom. The summed E-state index contributed by atoms with van der Waals surface area (Å²) in [6, 6.07) is 6.07. The maximum absolute atomic E-state index is 8.39. The second-order valence-corrected chi connectivity index (χ2v) is 3.17. The number of benzene rings is 1. The molecular formula is C15H25NO. The fourth-order valence-corrected chi connectivity index (χ4v) is 1.50. The van der Waals surface area contributed by atoms with Crippen LogP contribution in [0.3, 0.4) is 0 Å². The summed E-state index contributed by atoms with van der Waals surface area (Å²) in [7, 11) is 0. The van der Waals surface area contributed by atoms with Crippen molar-refractivity contribution in [1.82, 2.24) is 0 Å². The molecule has 0 saturated carbocycles. The lowest BCUT2D eigenvalue weighted by atomic mass is 10.1. The van der Waals surface area contributed by atoms with Gasteiger partial charge in [0, 0.05) is 0 Å². The number of rotatable bonds is 2. The van der Waals surface area contributed by atoms with Crippen LogP contribution in [0.15, 0.2) is 12.1 Å². The first kappa shape index (κ1) is 17.9. The Balaban J connectivity index is 0. The summed E-state index contributed by atoms with van der Waals surface area (Å²) >= 11 is 0. The Hall–Kier alpha value is -1.49. The van der Waals surface area contributed by atoms with Crippen molar-refractivity contribution in [3.05, 3.63) is 28.8 Å². The highest BCUT2D eigenvalue weighted by Crippen LogP contribution is 2.24. The van der Waals surface area contributed by atoms with Crippen LogP contribution in [-0.2, 0) is 0 Å². The third-order valence-electron chi connectivity index (χ3n) is 1.89. The molecule has 1 aromatic rings. The minimum atomic E-state index is 0.116. The van der Waals surface area contributed by atoms with Gasteiger partial charge in [-0.05, 0) is 31.9 Å². The number of ether oxygens (including phenoxy) is 1. The third kappa shape index (κ3) is 6.63. The van der Waals surface area contributed by atoms with Crippen molar-refractivity contribution in [3.8, 4) is 11.8 Å². The molecule has 0 fully saturated rings. The molecule has 0 aliphatic heterocycles. The van der Waals surface area contributed by atoms with Gasteiger partial charge in [0.15, 0.2) is 6.61 Å². The first-order valence-electron chi connectivity index (χ1n) is 6.22. The van der Waals surface area contributed by atoms with E-state index >= 15 is 0 Å². The standard InChI is InChI=1S/C11H13NO.2C2H6/c1-8-6-9(2)11(10(3)7-8)13-5-4-12;2*1-2/h6-7H,5H2,1-3H3;2*1-2H3. The van der Waals surface area contributed by atoms with Crippen molar-refractivity contribution in [2.24, 2.45) is 0 Å². The Morgan fingerprint density at radius 1 is 1.00 bits per heavy atom. The molecule has 0 N–H and O–H groups in total. The molecule has 0 heterocycles. The molecule has 0 aromatic heterocycles. The Kier molecular flexibility index (Phi) is 11.6. The fraction of sp³-hybridized carbons (Fsp3) is 0.533. The minimum Gasteiger partial charge on any atom is -0.478 e. The number of hydrogen-bond acceptors (Lipinski definition) is 2. The summed E-state index contributed by atoms with van der Waals surface area (Å²) in [4.78, 5) is 0. The summed E-state index contributed by atoms with van der Waals surface area (Å²) < 4.78 is 5.31. The highest BCUT2D eigenvalue weighted by Gasteiger charge is 2.03. The molecule has 0 aliphatic carbocycles. The molecule has 2 nitrogen and oxygen atoms in total. The average molecular weight is 235 g/mol. The van der Waals surface area contributed by atoms with Crippen LogP contribution in [0.25, 0.3) is 0 Å². The van der Waals surface area contributed by atoms with Crippen molar-refractivity contribution < 1.29 is 4.74 Å². The molecule has 0 saturated heterocycles. The maximum atomic E-state index is 8.39. The van der Waals surface area contributed by atoms with Crippen LogP contribution >= 0.6 is 0 Å². The van der Waals surface area contributed by atoms with Crippen molar-refractivity contribution in [2.45, 2.75) is 48.5 Å². The van der Waals surface area contributed by atoms with Gasteiger partial charge in [0.25, 0.3) is 0 Å². The second-order valence-electron chi connectivity index (χ2n) is 3.17. The van der Waals surface area contributed by atoms with Gasteiger partial charge in [0.1, 0.15) is 11.8 Å². The van der Waals surface area contributed by atoms with Gasteiger partial charge in [-0.3, -0.25) is 0 Å². The van der Waals surface area contributed by atoms with E-state index in [0.29, 0.717) is 0 Å². The van der Waals surface area contributed by atoms with Crippen LogP contribution in [0.2, 0.25) is 0 Å². The van der Waals surface area contributed by atoms with Gasteiger partial charge in [-0.1, -0.05) is 45.4 Å². The zero-order chi connectivity index (χ0) is 13.8. The zero-order valence-corrected chi connectivity index (χ0v) is 12.2. The van der Waals surface area contributed by atoms with E-state index in [2.05, 4.69) is 12.1 Å². The Labute approximate surface area is 106 Å². The van der Waals surface area contributed by atoms with E-state index < -0.39 is 0 Å². The van der Waals surface area contributed by atoms with Gasteiger partial charge in [0.2, 0.25) is 0 Å². The largest absolute Gasteiger partial charge is 0.478 e. The second kappa shape index (κ2) is 11.0. The third-order valence-corrected chi connectivity index (χ3v) is 1.89. The van der Waals surface area contributed by atoms with E-state index in [1.165, 1.54) is 5.56 Å². The molecular weight excluding hydrogens is 210 g/mol. The molecule has 1 aromatic carbocycles. The normalized spacial score (nSPS) is 7.88. The molecule has 0 bridgehead atoms. The van der Waals surface area contributed by atoms with E-state index in [1.807, 2.05) is 54.5 Å². The number of hydrogen-bond donors (Lipinski definition) is 0. The first-order valence-corrected chi connectivity index (χ1v) is 6.22. The van der Waals surface area contributed by atoms with Gasteiger partial charge in [-0.15, -0.1) is 0 Å². The van der Waals surface area contributed by atoms with Crippen molar-refractivity contribution in [1.29, 1.82) is 5.26 Å². The summed E-state index contributed by atoms with van der Waals surface area (Å²) in [5, 5.41) is 8.39. The quantitative estimate of drug-likeness (QED) is 0.752. The molecule has 0 spiro atoms. The summed E-state index contributed by atoms with van der Waals surface area (Å²) in [5.74, 6) is 0.840. The van der Waals surface area contributed by atoms with E-state index in [4.69, 9.17) is 10.00 Å². The molecule has 0 atom stereocenters. The smallest absolute Gasteiger partial charge is 0.174 e. The van der Waals surface area contributed by atoms with Gasteiger partial charge in [0.05, 0.1) is 0 Å². The van der Waals surface area contributed by atoms with Crippen molar-refractivity contribution in [2.75, 3.05) is 6.61 Å². The lowest BCUT2D eigenvalue weighted by Gasteiger charge is -2.10. The summed E-state index contributed by atoms with van der Waals surface area (Å²) in [6.07, 6.45) is 0. The Bertz CT molecular complexity index is 327. The van der Waals surface area contributed by atoms with E-state index in [-0.39, 0.29) is 6.61 Å². The minimum absolute atomic E-state index is 0.116. The van der Waals surface area contributed by atoms with E-state index in [0.717, 1.165) is 16.9 Å². The number of aryl methyl sites for hydroxylation is 3. The van der Waals surface area contributed by atoms with Crippen LogP contribution in [-0.4, -0.2) is 6.61 Å². The monoisotopic (exact) mass is 235 g/mol. The predicted molar refractivity (Wildman–Crippen MR) is 74.5 cm³/mol. The van der Waals surface area contributed by atoms with Crippen molar-refractivity contribution in [3.63, 3.8) is 0 Å². The van der Waals surface area contributed by atoms with Crippen LogP contribution in [0, 0.1) is 32.1 Å².